The Bertz CT molecular complexity index is 812. The van der Waals surface area contributed by atoms with E-state index >= 15 is 0 Å². The first-order valence-electron chi connectivity index (χ1n) is 6.33. The number of thiophene rings is 1. The number of rotatable bonds is 6. The molecule has 23 heavy (non-hydrogen) atoms. The lowest BCUT2D eigenvalue weighted by Gasteiger charge is -2.12. The second-order valence-corrected chi connectivity index (χ2v) is 6.84. The molecule has 2 aromatic rings. The van der Waals surface area contributed by atoms with Crippen LogP contribution in [0.25, 0.3) is 0 Å². The molecule has 9 heteroatoms. The monoisotopic (exact) mass is 357 g/mol. The Balaban J connectivity index is 2.44. The van der Waals surface area contributed by atoms with E-state index in [1.165, 1.54) is 39.5 Å². The van der Waals surface area contributed by atoms with Gasteiger partial charge in [-0.2, -0.15) is 0 Å². The third-order valence-electron chi connectivity index (χ3n) is 2.94. The predicted octanol–water partition coefficient (Wildman–Crippen LogP) is 2.35. The van der Waals surface area contributed by atoms with E-state index in [2.05, 4.69) is 9.46 Å². The standard InChI is InChI=1S/C14H15NO6S2/c1-19-9-4-5-11(20-2)12(8-9)23(17,18)15-10-6-7-22-13(10)14(16)21-3/h4-8,15H,1-3H3. The van der Waals surface area contributed by atoms with Crippen molar-refractivity contribution < 1.29 is 27.4 Å². The fourth-order valence-electron chi connectivity index (χ4n) is 1.83. The van der Waals surface area contributed by atoms with E-state index in [-0.39, 0.29) is 21.2 Å². The van der Waals surface area contributed by atoms with Crippen molar-refractivity contribution in [1.29, 1.82) is 0 Å². The predicted molar refractivity (Wildman–Crippen MR) is 86.0 cm³/mol. The summed E-state index contributed by atoms with van der Waals surface area (Å²) < 4.78 is 42.4. The molecule has 1 heterocycles. The molecule has 0 spiro atoms. The summed E-state index contributed by atoms with van der Waals surface area (Å²) in [5.41, 5.74) is 0.145. The highest BCUT2D eigenvalue weighted by Crippen LogP contribution is 2.31. The Hall–Kier alpha value is -2.26. The molecule has 0 aliphatic carbocycles. The minimum atomic E-state index is -3.98. The molecule has 0 saturated heterocycles. The highest BCUT2D eigenvalue weighted by Gasteiger charge is 2.24. The fraction of sp³-hybridized carbons (Fsp3) is 0.214. The third-order valence-corrected chi connectivity index (χ3v) is 5.22. The summed E-state index contributed by atoms with van der Waals surface area (Å²) in [5.74, 6) is -0.0897. The topological polar surface area (TPSA) is 90.9 Å². The summed E-state index contributed by atoms with van der Waals surface area (Å²) in [6.45, 7) is 0. The molecule has 2 rings (SSSR count). The van der Waals surface area contributed by atoms with E-state index in [9.17, 15) is 13.2 Å². The van der Waals surface area contributed by atoms with Gasteiger partial charge in [0.05, 0.1) is 27.0 Å². The minimum absolute atomic E-state index is 0.0960. The molecule has 0 aliphatic heterocycles. The molecule has 1 N–H and O–H groups in total. The first kappa shape index (κ1) is 17.1. The molecular weight excluding hydrogens is 342 g/mol. The molecule has 0 radical (unpaired) electrons. The highest BCUT2D eigenvalue weighted by atomic mass is 32.2. The number of anilines is 1. The maximum atomic E-state index is 12.6. The van der Waals surface area contributed by atoms with Crippen molar-refractivity contribution in [2.24, 2.45) is 0 Å². The zero-order valence-corrected chi connectivity index (χ0v) is 14.3. The van der Waals surface area contributed by atoms with Crippen LogP contribution in [0.2, 0.25) is 0 Å². The maximum Gasteiger partial charge on any atom is 0.350 e. The number of sulfonamides is 1. The van der Waals surface area contributed by atoms with Gasteiger partial charge in [0.2, 0.25) is 0 Å². The van der Waals surface area contributed by atoms with Gasteiger partial charge in [0.25, 0.3) is 10.0 Å². The highest BCUT2D eigenvalue weighted by molar-refractivity contribution is 7.92. The molecule has 0 fully saturated rings. The van der Waals surface area contributed by atoms with Gasteiger partial charge >= 0.3 is 5.97 Å². The SMILES string of the molecule is COC(=O)c1sccc1NS(=O)(=O)c1cc(OC)ccc1OC. The van der Waals surface area contributed by atoms with Crippen LogP contribution < -0.4 is 14.2 Å². The first-order chi connectivity index (χ1) is 10.9. The van der Waals surface area contributed by atoms with Gasteiger partial charge in [0, 0.05) is 6.07 Å². The van der Waals surface area contributed by atoms with Crippen LogP contribution >= 0.6 is 11.3 Å². The number of carbonyl (C=O) groups excluding carboxylic acids is 1. The van der Waals surface area contributed by atoms with Crippen molar-refractivity contribution in [3.8, 4) is 11.5 Å². The molecular formula is C14H15NO6S2. The maximum absolute atomic E-state index is 12.6. The van der Waals surface area contributed by atoms with Crippen LogP contribution in [0.4, 0.5) is 5.69 Å². The van der Waals surface area contributed by atoms with Crippen molar-refractivity contribution in [2.45, 2.75) is 4.90 Å². The van der Waals surface area contributed by atoms with E-state index in [1.807, 2.05) is 0 Å². The zero-order chi connectivity index (χ0) is 17.0. The minimum Gasteiger partial charge on any atom is -0.497 e. The lowest BCUT2D eigenvalue weighted by Crippen LogP contribution is -2.15. The summed E-state index contributed by atoms with van der Waals surface area (Å²) >= 11 is 1.08. The van der Waals surface area contributed by atoms with Crippen LogP contribution in [0.3, 0.4) is 0 Å². The van der Waals surface area contributed by atoms with Gasteiger partial charge in [0.15, 0.2) is 0 Å². The lowest BCUT2D eigenvalue weighted by atomic mass is 10.3. The van der Waals surface area contributed by atoms with Crippen molar-refractivity contribution in [2.75, 3.05) is 26.1 Å². The van der Waals surface area contributed by atoms with E-state index < -0.39 is 16.0 Å². The molecule has 124 valence electrons. The van der Waals surface area contributed by atoms with Gasteiger partial charge in [-0.15, -0.1) is 11.3 Å². The van der Waals surface area contributed by atoms with Crippen LogP contribution in [0, 0.1) is 0 Å². The van der Waals surface area contributed by atoms with Crippen molar-refractivity contribution >= 4 is 33.0 Å². The second-order valence-electron chi connectivity index (χ2n) is 4.28. The number of methoxy groups -OCH3 is 3. The summed E-state index contributed by atoms with van der Waals surface area (Å²) in [6, 6.07) is 5.90. The van der Waals surface area contributed by atoms with Crippen molar-refractivity contribution in [3.05, 3.63) is 34.5 Å². The molecule has 0 aliphatic rings. The summed E-state index contributed by atoms with van der Waals surface area (Å²) in [6.07, 6.45) is 0. The summed E-state index contributed by atoms with van der Waals surface area (Å²) in [5, 5.41) is 1.59. The van der Waals surface area contributed by atoms with Gasteiger partial charge in [-0.3, -0.25) is 4.72 Å². The molecule has 1 aromatic carbocycles. The average molecular weight is 357 g/mol. The average Bonchev–Trinajstić information content (AvgIpc) is 3.00. The van der Waals surface area contributed by atoms with Crippen LogP contribution in [-0.2, 0) is 14.8 Å². The van der Waals surface area contributed by atoms with Crippen LogP contribution in [0.15, 0.2) is 34.5 Å². The van der Waals surface area contributed by atoms with Crippen LogP contribution in [0.1, 0.15) is 9.67 Å². The Morgan fingerprint density at radius 3 is 2.48 bits per heavy atom. The normalized spacial score (nSPS) is 10.9. The largest absolute Gasteiger partial charge is 0.497 e. The van der Waals surface area contributed by atoms with Gasteiger partial charge in [-0.1, -0.05) is 0 Å². The van der Waals surface area contributed by atoms with Gasteiger partial charge in [-0.05, 0) is 23.6 Å². The number of nitrogens with one attached hydrogen (secondary N) is 1. The van der Waals surface area contributed by atoms with E-state index in [0.717, 1.165) is 11.3 Å². The Labute approximate surface area is 137 Å². The molecule has 0 atom stereocenters. The molecule has 0 bridgehead atoms. The zero-order valence-electron chi connectivity index (χ0n) is 12.7. The Kier molecular flexibility index (Phi) is 5.12. The molecule has 1 aromatic heterocycles. The summed E-state index contributed by atoms with van der Waals surface area (Å²) in [4.78, 5) is 11.7. The molecule has 0 amide bonds. The van der Waals surface area contributed by atoms with Gasteiger partial charge in [-0.25, -0.2) is 13.2 Å². The number of benzene rings is 1. The van der Waals surface area contributed by atoms with Gasteiger partial charge in [0.1, 0.15) is 21.3 Å². The Morgan fingerprint density at radius 1 is 1.13 bits per heavy atom. The molecule has 0 saturated carbocycles. The van der Waals surface area contributed by atoms with Gasteiger partial charge < -0.3 is 14.2 Å². The lowest BCUT2D eigenvalue weighted by molar-refractivity contribution is 0.0607. The number of hydrogen-bond donors (Lipinski definition) is 1. The van der Waals surface area contributed by atoms with Crippen molar-refractivity contribution in [1.82, 2.24) is 0 Å². The van der Waals surface area contributed by atoms with Crippen LogP contribution in [-0.4, -0.2) is 35.7 Å². The van der Waals surface area contributed by atoms with E-state index in [0.29, 0.717) is 5.75 Å². The number of esters is 1. The number of hydrogen-bond acceptors (Lipinski definition) is 7. The quantitative estimate of drug-likeness (QED) is 0.798. The number of carbonyl (C=O) groups is 1. The van der Waals surface area contributed by atoms with E-state index in [4.69, 9.17) is 9.47 Å². The molecule has 0 unspecified atom stereocenters. The Morgan fingerprint density at radius 2 is 1.87 bits per heavy atom. The third kappa shape index (κ3) is 3.57. The second kappa shape index (κ2) is 6.88. The van der Waals surface area contributed by atoms with E-state index in [1.54, 1.807) is 11.4 Å². The smallest absolute Gasteiger partial charge is 0.350 e. The molecule has 7 nitrogen and oxygen atoms in total. The summed E-state index contributed by atoms with van der Waals surface area (Å²) in [7, 11) is 0.0455. The fourth-order valence-corrected chi connectivity index (χ4v) is 3.92. The van der Waals surface area contributed by atoms with Crippen molar-refractivity contribution in [3.63, 3.8) is 0 Å². The van der Waals surface area contributed by atoms with Crippen LogP contribution in [0.5, 0.6) is 11.5 Å². The number of ether oxygens (including phenoxy) is 3. The first-order valence-corrected chi connectivity index (χ1v) is 8.70.